The van der Waals surface area contributed by atoms with E-state index in [2.05, 4.69) is 34.3 Å². The van der Waals surface area contributed by atoms with Crippen LogP contribution in [0.4, 0.5) is 0 Å². The molecule has 1 aliphatic rings. The van der Waals surface area contributed by atoms with Gasteiger partial charge in [-0.2, -0.15) is 0 Å². The SMILES string of the molecule is CCC1CCC(CN)C(c2sccc2Br)C1. The van der Waals surface area contributed by atoms with E-state index in [0.717, 1.165) is 12.5 Å². The largest absolute Gasteiger partial charge is 0.330 e. The lowest BCUT2D eigenvalue weighted by Crippen LogP contribution is -2.28. The molecule has 1 fully saturated rings. The van der Waals surface area contributed by atoms with Gasteiger partial charge in [-0.25, -0.2) is 0 Å². The first-order chi connectivity index (χ1) is 7.76. The Morgan fingerprint density at radius 2 is 2.31 bits per heavy atom. The molecule has 16 heavy (non-hydrogen) atoms. The van der Waals surface area contributed by atoms with E-state index in [-0.39, 0.29) is 0 Å². The number of thiophene rings is 1. The molecule has 0 saturated heterocycles. The second-order valence-electron chi connectivity index (χ2n) is 4.82. The van der Waals surface area contributed by atoms with Crippen LogP contribution in [-0.4, -0.2) is 6.54 Å². The zero-order valence-corrected chi connectivity index (χ0v) is 12.2. The van der Waals surface area contributed by atoms with Gasteiger partial charge in [-0.05, 0) is 64.5 Å². The molecule has 3 unspecified atom stereocenters. The molecule has 1 heterocycles. The lowest BCUT2D eigenvalue weighted by Gasteiger charge is -2.35. The van der Waals surface area contributed by atoms with E-state index in [4.69, 9.17) is 5.73 Å². The third kappa shape index (κ3) is 2.52. The van der Waals surface area contributed by atoms with E-state index in [1.165, 1.54) is 35.0 Å². The molecule has 0 aromatic carbocycles. The van der Waals surface area contributed by atoms with Gasteiger partial charge in [0.05, 0.1) is 0 Å². The summed E-state index contributed by atoms with van der Waals surface area (Å²) < 4.78 is 1.29. The van der Waals surface area contributed by atoms with Gasteiger partial charge < -0.3 is 5.73 Å². The predicted octanol–water partition coefficient (Wildman–Crippen LogP) is 4.38. The second kappa shape index (κ2) is 5.65. The summed E-state index contributed by atoms with van der Waals surface area (Å²) in [6, 6.07) is 2.17. The third-order valence-corrected chi connectivity index (χ3v) is 5.97. The summed E-state index contributed by atoms with van der Waals surface area (Å²) in [5, 5.41) is 2.18. The van der Waals surface area contributed by atoms with Crippen LogP contribution in [0.5, 0.6) is 0 Å². The average Bonchev–Trinajstić information content (AvgIpc) is 2.74. The van der Waals surface area contributed by atoms with Crippen molar-refractivity contribution in [1.82, 2.24) is 0 Å². The number of rotatable bonds is 3. The molecule has 1 aromatic heterocycles. The van der Waals surface area contributed by atoms with Gasteiger partial charge in [-0.3, -0.25) is 0 Å². The Bertz CT molecular complexity index is 336. The Morgan fingerprint density at radius 1 is 1.50 bits per heavy atom. The molecule has 0 aliphatic heterocycles. The summed E-state index contributed by atoms with van der Waals surface area (Å²) in [5.74, 6) is 2.29. The van der Waals surface area contributed by atoms with Gasteiger partial charge in [0.15, 0.2) is 0 Å². The van der Waals surface area contributed by atoms with Gasteiger partial charge in [-0.1, -0.05) is 19.8 Å². The minimum Gasteiger partial charge on any atom is -0.330 e. The summed E-state index contributed by atoms with van der Waals surface area (Å²) >= 11 is 5.56. The molecule has 0 bridgehead atoms. The van der Waals surface area contributed by atoms with Crippen molar-refractivity contribution < 1.29 is 0 Å². The van der Waals surface area contributed by atoms with Gasteiger partial charge >= 0.3 is 0 Å². The summed E-state index contributed by atoms with van der Waals surface area (Å²) in [5.41, 5.74) is 5.93. The smallest absolute Gasteiger partial charge is 0.0317 e. The number of hydrogen-bond acceptors (Lipinski definition) is 2. The second-order valence-corrected chi connectivity index (χ2v) is 6.62. The quantitative estimate of drug-likeness (QED) is 0.881. The number of nitrogens with two attached hydrogens (primary N) is 1. The van der Waals surface area contributed by atoms with E-state index in [0.29, 0.717) is 11.8 Å². The van der Waals surface area contributed by atoms with E-state index >= 15 is 0 Å². The molecule has 1 saturated carbocycles. The third-order valence-electron chi connectivity index (χ3n) is 3.96. The molecule has 3 atom stereocenters. The highest BCUT2D eigenvalue weighted by Crippen LogP contribution is 2.45. The van der Waals surface area contributed by atoms with Crippen molar-refractivity contribution in [3.8, 4) is 0 Å². The molecule has 3 heteroatoms. The first kappa shape index (κ1) is 12.6. The predicted molar refractivity (Wildman–Crippen MR) is 74.9 cm³/mol. The van der Waals surface area contributed by atoms with Crippen LogP contribution in [0, 0.1) is 11.8 Å². The molecule has 90 valence electrons. The highest BCUT2D eigenvalue weighted by molar-refractivity contribution is 9.10. The standard InChI is InChI=1S/C13H20BrNS/c1-2-9-3-4-10(8-15)11(7-9)13-12(14)5-6-16-13/h5-6,9-11H,2-4,7-8,15H2,1H3. The average molecular weight is 302 g/mol. The van der Waals surface area contributed by atoms with Gasteiger partial charge in [0.1, 0.15) is 0 Å². The summed E-state index contributed by atoms with van der Waals surface area (Å²) in [6.45, 7) is 3.15. The Kier molecular flexibility index (Phi) is 4.45. The summed E-state index contributed by atoms with van der Waals surface area (Å²) in [4.78, 5) is 1.52. The van der Waals surface area contributed by atoms with Crippen LogP contribution in [0.25, 0.3) is 0 Å². The molecule has 2 N–H and O–H groups in total. The molecule has 1 aliphatic carbocycles. The first-order valence-corrected chi connectivity index (χ1v) is 7.86. The van der Waals surface area contributed by atoms with Crippen molar-refractivity contribution in [3.05, 3.63) is 20.8 Å². The highest BCUT2D eigenvalue weighted by Gasteiger charge is 2.31. The topological polar surface area (TPSA) is 26.0 Å². The van der Waals surface area contributed by atoms with Gasteiger partial charge in [0, 0.05) is 9.35 Å². The molecule has 0 spiro atoms. The van der Waals surface area contributed by atoms with Crippen molar-refractivity contribution in [2.45, 2.75) is 38.5 Å². The normalized spacial score (nSPS) is 30.6. The Hall–Kier alpha value is 0.140. The van der Waals surface area contributed by atoms with Gasteiger partial charge in [-0.15, -0.1) is 11.3 Å². The van der Waals surface area contributed by atoms with Crippen LogP contribution in [-0.2, 0) is 0 Å². The fourth-order valence-corrected chi connectivity index (χ4v) is 4.74. The zero-order valence-electron chi connectivity index (χ0n) is 9.79. The maximum Gasteiger partial charge on any atom is 0.0317 e. The van der Waals surface area contributed by atoms with Crippen LogP contribution in [0.2, 0.25) is 0 Å². The van der Waals surface area contributed by atoms with Crippen molar-refractivity contribution >= 4 is 27.3 Å². The molecule has 0 radical (unpaired) electrons. The Morgan fingerprint density at radius 3 is 2.88 bits per heavy atom. The van der Waals surface area contributed by atoms with Crippen LogP contribution >= 0.6 is 27.3 Å². The van der Waals surface area contributed by atoms with Crippen LogP contribution in [0.3, 0.4) is 0 Å². The Labute approximate surface area is 111 Å². The molecule has 0 amide bonds. The fraction of sp³-hybridized carbons (Fsp3) is 0.692. The van der Waals surface area contributed by atoms with Crippen molar-refractivity contribution in [1.29, 1.82) is 0 Å². The van der Waals surface area contributed by atoms with Crippen molar-refractivity contribution in [2.75, 3.05) is 6.54 Å². The molecule has 1 nitrogen and oxygen atoms in total. The molecular formula is C13H20BrNS. The van der Waals surface area contributed by atoms with E-state index in [1.807, 2.05) is 11.3 Å². The fourth-order valence-electron chi connectivity index (χ4n) is 2.86. The maximum atomic E-state index is 5.93. The lowest BCUT2D eigenvalue weighted by molar-refractivity contribution is 0.238. The minimum atomic E-state index is 0.692. The summed E-state index contributed by atoms with van der Waals surface area (Å²) in [7, 11) is 0. The van der Waals surface area contributed by atoms with Crippen LogP contribution in [0.15, 0.2) is 15.9 Å². The van der Waals surface area contributed by atoms with Crippen molar-refractivity contribution in [3.63, 3.8) is 0 Å². The lowest BCUT2D eigenvalue weighted by atomic mass is 9.72. The monoisotopic (exact) mass is 301 g/mol. The van der Waals surface area contributed by atoms with E-state index in [1.54, 1.807) is 0 Å². The maximum absolute atomic E-state index is 5.93. The highest BCUT2D eigenvalue weighted by atomic mass is 79.9. The van der Waals surface area contributed by atoms with E-state index < -0.39 is 0 Å². The molecular weight excluding hydrogens is 282 g/mol. The number of halogens is 1. The zero-order chi connectivity index (χ0) is 11.5. The Balaban J connectivity index is 2.18. The van der Waals surface area contributed by atoms with Gasteiger partial charge in [0.25, 0.3) is 0 Å². The minimum absolute atomic E-state index is 0.692. The number of hydrogen-bond donors (Lipinski definition) is 1. The van der Waals surface area contributed by atoms with Crippen LogP contribution < -0.4 is 5.73 Å². The molecule has 1 aromatic rings. The van der Waals surface area contributed by atoms with Crippen LogP contribution in [0.1, 0.15) is 43.4 Å². The van der Waals surface area contributed by atoms with Gasteiger partial charge in [0.2, 0.25) is 0 Å². The summed E-state index contributed by atoms with van der Waals surface area (Å²) in [6.07, 6.45) is 5.33. The van der Waals surface area contributed by atoms with Crippen molar-refractivity contribution in [2.24, 2.45) is 17.6 Å². The first-order valence-electron chi connectivity index (χ1n) is 6.19. The van der Waals surface area contributed by atoms with E-state index in [9.17, 15) is 0 Å². The molecule has 2 rings (SSSR count).